The summed E-state index contributed by atoms with van der Waals surface area (Å²) in [5.41, 5.74) is 0.714. The van der Waals surface area contributed by atoms with Gasteiger partial charge in [0.2, 0.25) is 6.79 Å². The Morgan fingerprint density at radius 3 is 2.63 bits per heavy atom. The number of carbonyl (C=O) groups excluding carboxylic acids is 1. The molecule has 0 aromatic heterocycles. The molecule has 27 heavy (non-hydrogen) atoms. The second-order valence-electron chi connectivity index (χ2n) is 5.54. The summed E-state index contributed by atoms with van der Waals surface area (Å²) >= 11 is 6.18. The summed E-state index contributed by atoms with van der Waals surface area (Å²) < 4.78 is 35.6. The predicted octanol–water partition coefficient (Wildman–Crippen LogP) is 2.51. The van der Waals surface area contributed by atoms with Crippen LogP contribution in [0.1, 0.15) is 5.56 Å². The Bertz CT molecular complexity index is 1070. The smallest absolute Gasteiger partial charge is 0.281 e. The summed E-state index contributed by atoms with van der Waals surface area (Å²) in [4.78, 5) is 15.2. The topological polar surface area (TPSA) is 84.9 Å². The van der Waals surface area contributed by atoms with Crippen molar-refractivity contribution in [3.05, 3.63) is 59.0 Å². The van der Waals surface area contributed by atoms with Gasteiger partial charge in [0.05, 0.1) is 9.80 Å². The third-order valence-electron chi connectivity index (χ3n) is 3.75. The van der Waals surface area contributed by atoms with Crippen LogP contribution < -0.4 is 14.3 Å². The summed E-state index contributed by atoms with van der Waals surface area (Å²) in [5, 5.41) is 0.862. The van der Waals surface area contributed by atoms with E-state index in [4.69, 9.17) is 21.7 Å². The average molecular weight is 420 g/mol. The van der Waals surface area contributed by atoms with Crippen LogP contribution in [-0.2, 0) is 14.8 Å². The Morgan fingerprint density at radius 1 is 1.11 bits per heavy atom. The summed E-state index contributed by atoms with van der Waals surface area (Å²) in [6.45, 7) is 0.155. The largest absolute Gasteiger partial charge is 0.454 e. The molecular formula is C17H12N2O5S3. The zero-order valence-electron chi connectivity index (χ0n) is 13.6. The van der Waals surface area contributed by atoms with Crippen LogP contribution in [-0.4, -0.2) is 30.4 Å². The van der Waals surface area contributed by atoms with Gasteiger partial charge in [-0.1, -0.05) is 48.2 Å². The molecule has 138 valence electrons. The van der Waals surface area contributed by atoms with Crippen LogP contribution in [0.4, 0.5) is 0 Å². The molecule has 1 saturated heterocycles. The lowest BCUT2D eigenvalue weighted by molar-refractivity contribution is -0.123. The zero-order valence-corrected chi connectivity index (χ0v) is 16.1. The van der Waals surface area contributed by atoms with Crippen LogP contribution in [0.5, 0.6) is 11.5 Å². The molecule has 1 amide bonds. The van der Waals surface area contributed by atoms with Crippen LogP contribution in [0.3, 0.4) is 0 Å². The van der Waals surface area contributed by atoms with E-state index in [1.165, 1.54) is 12.1 Å². The molecule has 0 radical (unpaired) electrons. The normalized spacial score (nSPS) is 17.8. The van der Waals surface area contributed by atoms with E-state index < -0.39 is 15.9 Å². The molecule has 2 aromatic carbocycles. The van der Waals surface area contributed by atoms with Crippen LogP contribution in [0.25, 0.3) is 6.08 Å². The number of nitrogens with zero attached hydrogens (tertiary/aromatic N) is 1. The maximum atomic E-state index is 12.6. The molecule has 1 fully saturated rings. The molecular weight excluding hydrogens is 408 g/mol. The lowest BCUT2D eigenvalue weighted by atomic mass is 10.2. The molecule has 2 aliphatic heterocycles. The van der Waals surface area contributed by atoms with Gasteiger partial charge >= 0.3 is 0 Å². The maximum absolute atomic E-state index is 12.6. The fraction of sp³-hybridized carbons (Fsp3) is 0.0588. The molecule has 1 N–H and O–H groups in total. The fourth-order valence-electron chi connectivity index (χ4n) is 2.47. The van der Waals surface area contributed by atoms with Gasteiger partial charge in [0, 0.05) is 0 Å². The van der Waals surface area contributed by atoms with E-state index >= 15 is 0 Å². The van der Waals surface area contributed by atoms with Crippen molar-refractivity contribution in [3.8, 4) is 11.5 Å². The van der Waals surface area contributed by atoms with Crippen LogP contribution >= 0.6 is 24.0 Å². The number of carbonyl (C=O) groups is 1. The number of hydrogen-bond acceptors (Lipinski definition) is 7. The Kier molecular flexibility index (Phi) is 4.64. The number of rotatable bonds is 4. The van der Waals surface area contributed by atoms with E-state index in [0.29, 0.717) is 22.0 Å². The molecule has 2 aromatic rings. The molecule has 10 heteroatoms. The third-order valence-corrected chi connectivity index (χ3v) is 6.37. The van der Waals surface area contributed by atoms with Crippen molar-refractivity contribution < 1.29 is 22.7 Å². The van der Waals surface area contributed by atoms with Crippen LogP contribution in [0, 0.1) is 0 Å². The first-order valence-corrected chi connectivity index (χ1v) is 10.4. The van der Waals surface area contributed by atoms with Crippen molar-refractivity contribution in [1.29, 1.82) is 0 Å². The van der Waals surface area contributed by atoms with Crippen LogP contribution in [0.15, 0.2) is 58.3 Å². The molecule has 0 spiro atoms. The van der Waals surface area contributed by atoms with Gasteiger partial charge in [0.1, 0.15) is 0 Å². The Balaban J connectivity index is 1.57. The number of benzene rings is 2. The zero-order chi connectivity index (χ0) is 19.0. The Hall–Kier alpha value is -2.40. The molecule has 7 nitrogen and oxygen atoms in total. The highest BCUT2D eigenvalue weighted by molar-refractivity contribution is 8.26. The number of sulfonamides is 1. The number of fused-ring (bicyclic) bond motifs is 1. The highest BCUT2D eigenvalue weighted by Gasteiger charge is 2.35. The van der Waals surface area contributed by atoms with E-state index in [-0.39, 0.29) is 16.0 Å². The van der Waals surface area contributed by atoms with Gasteiger partial charge in [-0.15, -0.1) is 4.83 Å². The predicted molar refractivity (Wildman–Crippen MR) is 104 cm³/mol. The summed E-state index contributed by atoms with van der Waals surface area (Å²) in [6.07, 6.45) is 1.62. The molecule has 0 atom stereocenters. The highest BCUT2D eigenvalue weighted by Crippen LogP contribution is 2.36. The van der Waals surface area contributed by atoms with Gasteiger partial charge in [-0.05, 0) is 35.9 Å². The van der Waals surface area contributed by atoms with Gasteiger partial charge in [-0.2, -0.15) is 0 Å². The van der Waals surface area contributed by atoms with Crippen molar-refractivity contribution in [3.63, 3.8) is 0 Å². The minimum Gasteiger partial charge on any atom is -0.454 e. The second-order valence-corrected chi connectivity index (χ2v) is 8.87. The quantitative estimate of drug-likeness (QED) is 0.601. The summed E-state index contributed by atoms with van der Waals surface area (Å²) in [5.74, 6) is 0.682. The number of hydrazine groups is 1. The van der Waals surface area contributed by atoms with Gasteiger partial charge < -0.3 is 9.47 Å². The summed E-state index contributed by atoms with van der Waals surface area (Å²) in [7, 11) is -3.92. The number of nitrogens with one attached hydrogen (secondary N) is 1. The van der Waals surface area contributed by atoms with E-state index in [9.17, 15) is 13.2 Å². The number of thiocarbonyl (C=S) groups is 1. The molecule has 0 saturated carbocycles. The first-order valence-electron chi connectivity index (χ1n) is 7.69. The van der Waals surface area contributed by atoms with Gasteiger partial charge in [0.15, 0.2) is 15.8 Å². The minimum atomic E-state index is -3.92. The minimum absolute atomic E-state index is 0.0406. The molecule has 2 heterocycles. The van der Waals surface area contributed by atoms with Crippen molar-refractivity contribution in [1.82, 2.24) is 9.84 Å². The van der Waals surface area contributed by atoms with Gasteiger partial charge in [-0.25, -0.2) is 13.4 Å². The Morgan fingerprint density at radius 2 is 1.85 bits per heavy atom. The maximum Gasteiger partial charge on any atom is 0.281 e. The molecule has 0 bridgehead atoms. The van der Waals surface area contributed by atoms with E-state index in [1.54, 1.807) is 42.5 Å². The van der Waals surface area contributed by atoms with E-state index in [0.717, 1.165) is 16.8 Å². The first-order chi connectivity index (χ1) is 12.9. The second kappa shape index (κ2) is 6.97. The highest BCUT2D eigenvalue weighted by atomic mass is 32.2. The van der Waals surface area contributed by atoms with Crippen molar-refractivity contribution in [2.45, 2.75) is 4.90 Å². The SMILES string of the molecule is O=C1/C(=C/c2ccc3c(c2)OCO3)SC(=S)N1NS(=O)(=O)c1ccccc1. The molecule has 0 aliphatic carbocycles. The molecule has 0 unspecified atom stereocenters. The fourth-order valence-corrected chi connectivity index (χ4v) is 4.80. The number of amides is 1. The van der Waals surface area contributed by atoms with Crippen molar-refractivity contribution in [2.75, 3.05) is 6.79 Å². The number of ether oxygens (including phenoxy) is 2. The standard InChI is InChI=1S/C17H12N2O5S3/c20-16-15(9-11-6-7-13-14(8-11)24-10-23-13)26-17(25)19(16)18-27(21,22)12-4-2-1-3-5-12/h1-9,18H,10H2/b15-9-. The summed E-state index contributed by atoms with van der Waals surface area (Å²) in [6, 6.07) is 13.0. The van der Waals surface area contributed by atoms with Crippen molar-refractivity contribution >= 4 is 50.3 Å². The number of thioether (sulfide) groups is 1. The average Bonchev–Trinajstić information content (AvgIpc) is 3.22. The van der Waals surface area contributed by atoms with E-state index in [1.807, 2.05) is 0 Å². The first kappa shape index (κ1) is 18.0. The lowest BCUT2D eigenvalue weighted by Crippen LogP contribution is -2.44. The Labute approximate surface area is 165 Å². The molecule has 4 rings (SSSR count). The van der Waals surface area contributed by atoms with Crippen LogP contribution in [0.2, 0.25) is 0 Å². The van der Waals surface area contributed by atoms with Gasteiger partial charge in [0.25, 0.3) is 15.9 Å². The van der Waals surface area contributed by atoms with E-state index in [2.05, 4.69) is 4.83 Å². The number of hydrogen-bond donors (Lipinski definition) is 1. The monoisotopic (exact) mass is 420 g/mol. The third kappa shape index (κ3) is 3.56. The van der Waals surface area contributed by atoms with Gasteiger partial charge in [-0.3, -0.25) is 4.79 Å². The molecule has 2 aliphatic rings. The van der Waals surface area contributed by atoms with Crippen molar-refractivity contribution in [2.24, 2.45) is 0 Å². The lowest BCUT2D eigenvalue weighted by Gasteiger charge is -2.15.